The van der Waals surface area contributed by atoms with Crippen LogP contribution in [0.2, 0.25) is 0 Å². The van der Waals surface area contributed by atoms with Crippen molar-refractivity contribution in [2.75, 3.05) is 10.8 Å². The van der Waals surface area contributed by atoms with Gasteiger partial charge in [0.2, 0.25) is 11.8 Å². The number of carbonyl (C=O) groups is 2. The van der Waals surface area contributed by atoms with Crippen molar-refractivity contribution in [1.82, 2.24) is 10.2 Å². The standard InChI is InChI=1S/C29H32BrN3O4S/c1-20(29(35)31-24-12-2-3-13-24)32(19-21-8-4-11-23(30)18-21)27(34)16-7-17-33-25-14-5-9-22-10-6-15-26(28(22)25)38(33,36)37/h4-6,8-11,14-15,18,20,24H,2-3,7,12-13,16-17,19H2,1H3,(H,31,35)/t20-/m1/s1. The molecule has 1 atom stereocenters. The molecule has 0 bridgehead atoms. The molecule has 1 aliphatic carbocycles. The number of benzene rings is 3. The van der Waals surface area contributed by atoms with Crippen LogP contribution in [-0.2, 0) is 26.2 Å². The number of anilines is 1. The third kappa shape index (κ3) is 5.31. The molecule has 1 N–H and O–H groups in total. The molecule has 0 aromatic heterocycles. The molecule has 1 aliphatic heterocycles. The van der Waals surface area contributed by atoms with Crippen molar-refractivity contribution in [3.05, 3.63) is 70.7 Å². The first-order chi connectivity index (χ1) is 18.3. The lowest BCUT2D eigenvalue weighted by atomic mass is 10.1. The maximum absolute atomic E-state index is 13.5. The highest BCUT2D eigenvalue weighted by atomic mass is 79.9. The van der Waals surface area contributed by atoms with Crippen LogP contribution in [0.4, 0.5) is 5.69 Å². The van der Waals surface area contributed by atoms with Gasteiger partial charge in [0, 0.05) is 35.4 Å². The monoisotopic (exact) mass is 597 g/mol. The van der Waals surface area contributed by atoms with E-state index in [-0.39, 0.29) is 30.8 Å². The summed E-state index contributed by atoms with van der Waals surface area (Å²) in [5, 5.41) is 4.72. The van der Waals surface area contributed by atoms with E-state index in [9.17, 15) is 18.0 Å². The van der Waals surface area contributed by atoms with Gasteiger partial charge in [-0.25, -0.2) is 8.42 Å². The molecule has 1 fully saturated rings. The van der Waals surface area contributed by atoms with Crippen molar-refractivity contribution < 1.29 is 18.0 Å². The van der Waals surface area contributed by atoms with Gasteiger partial charge in [-0.1, -0.05) is 65.2 Å². The molecule has 0 spiro atoms. The first-order valence-electron chi connectivity index (χ1n) is 13.1. The average Bonchev–Trinajstić information content (AvgIpc) is 3.48. The predicted molar refractivity (Wildman–Crippen MR) is 152 cm³/mol. The second kappa shape index (κ2) is 11.1. The number of halogens is 1. The third-order valence-electron chi connectivity index (χ3n) is 7.54. The fraction of sp³-hybridized carbons (Fsp3) is 0.379. The van der Waals surface area contributed by atoms with Crippen LogP contribution in [0.15, 0.2) is 70.0 Å². The molecule has 3 aromatic rings. The molecule has 38 heavy (non-hydrogen) atoms. The Labute approximate surface area is 232 Å². The summed E-state index contributed by atoms with van der Waals surface area (Å²) < 4.78 is 28.9. The summed E-state index contributed by atoms with van der Waals surface area (Å²) in [7, 11) is -3.67. The summed E-state index contributed by atoms with van der Waals surface area (Å²) in [6.07, 6.45) is 4.63. The summed E-state index contributed by atoms with van der Waals surface area (Å²) in [4.78, 5) is 28.5. The van der Waals surface area contributed by atoms with E-state index in [0.717, 1.165) is 46.5 Å². The molecule has 3 aromatic carbocycles. The van der Waals surface area contributed by atoms with Crippen LogP contribution in [0, 0.1) is 0 Å². The van der Waals surface area contributed by atoms with Gasteiger partial charge in [-0.3, -0.25) is 13.9 Å². The van der Waals surface area contributed by atoms with Gasteiger partial charge in [0.15, 0.2) is 0 Å². The van der Waals surface area contributed by atoms with Gasteiger partial charge in [0.25, 0.3) is 10.0 Å². The number of sulfonamides is 1. The van der Waals surface area contributed by atoms with E-state index in [1.54, 1.807) is 24.0 Å². The highest BCUT2D eigenvalue weighted by Crippen LogP contribution is 2.42. The van der Waals surface area contributed by atoms with Crippen molar-refractivity contribution in [3.8, 4) is 0 Å². The summed E-state index contributed by atoms with van der Waals surface area (Å²) in [5.74, 6) is -0.323. The Morgan fingerprint density at radius 3 is 2.53 bits per heavy atom. The second-order valence-electron chi connectivity index (χ2n) is 10.1. The van der Waals surface area contributed by atoms with Crippen LogP contribution in [-0.4, -0.2) is 43.8 Å². The van der Waals surface area contributed by atoms with Crippen LogP contribution in [0.1, 0.15) is 51.0 Å². The van der Waals surface area contributed by atoms with Gasteiger partial charge in [-0.15, -0.1) is 0 Å². The van der Waals surface area contributed by atoms with Crippen molar-refractivity contribution in [2.24, 2.45) is 0 Å². The van der Waals surface area contributed by atoms with E-state index in [1.165, 1.54) is 4.31 Å². The normalized spacial score (nSPS) is 17.1. The van der Waals surface area contributed by atoms with Crippen LogP contribution >= 0.6 is 15.9 Å². The molecule has 0 saturated heterocycles. The van der Waals surface area contributed by atoms with Crippen molar-refractivity contribution in [1.29, 1.82) is 0 Å². The van der Waals surface area contributed by atoms with Crippen molar-refractivity contribution in [2.45, 2.75) is 69.0 Å². The first kappa shape index (κ1) is 26.7. The number of rotatable bonds is 9. The summed E-state index contributed by atoms with van der Waals surface area (Å²) in [6.45, 7) is 2.25. The average molecular weight is 599 g/mol. The minimum Gasteiger partial charge on any atom is -0.352 e. The minimum absolute atomic E-state index is 0.132. The highest BCUT2D eigenvalue weighted by Gasteiger charge is 2.35. The van der Waals surface area contributed by atoms with E-state index in [4.69, 9.17) is 0 Å². The lowest BCUT2D eigenvalue weighted by molar-refractivity contribution is -0.141. The van der Waals surface area contributed by atoms with Gasteiger partial charge in [-0.2, -0.15) is 0 Å². The van der Waals surface area contributed by atoms with Crippen LogP contribution in [0.5, 0.6) is 0 Å². The van der Waals surface area contributed by atoms with E-state index < -0.39 is 16.1 Å². The molecule has 7 nitrogen and oxygen atoms in total. The Morgan fingerprint density at radius 1 is 1.08 bits per heavy atom. The fourth-order valence-corrected chi connectivity index (χ4v) is 7.72. The van der Waals surface area contributed by atoms with E-state index >= 15 is 0 Å². The van der Waals surface area contributed by atoms with Crippen LogP contribution in [0.3, 0.4) is 0 Å². The van der Waals surface area contributed by atoms with Crippen molar-refractivity contribution in [3.63, 3.8) is 0 Å². The molecule has 1 saturated carbocycles. The lowest BCUT2D eigenvalue weighted by Crippen LogP contribution is -2.49. The van der Waals surface area contributed by atoms with Gasteiger partial charge in [0.05, 0.1) is 10.6 Å². The largest absolute Gasteiger partial charge is 0.352 e. The van der Waals surface area contributed by atoms with E-state index in [0.29, 0.717) is 23.5 Å². The minimum atomic E-state index is -3.67. The Hall–Kier alpha value is -2.91. The predicted octanol–water partition coefficient (Wildman–Crippen LogP) is 5.37. The maximum Gasteiger partial charge on any atom is 0.265 e. The van der Waals surface area contributed by atoms with Gasteiger partial charge >= 0.3 is 0 Å². The Balaban J connectivity index is 1.30. The zero-order valence-corrected chi connectivity index (χ0v) is 23.8. The highest BCUT2D eigenvalue weighted by molar-refractivity contribution is 9.10. The zero-order chi connectivity index (χ0) is 26.9. The zero-order valence-electron chi connectivity index (χ0n) is 21.4. The Kier molecular flexibility index (Phi) is 7.77. The molecule has 0 unspecified atom stereocenters. The molecule has 5 rings (SSSR count). The number of carbonyl (C=O) groups excluding carboxylic acids is 2. The number of nitrogens with one attached hydrogen (secondary N) is 1. The van der Waals surface area contributed by atoms with E-state index in [2.05, 4.69) is 21.2 Å². The summed E-state index contributed by atoms with van der Waals surface area (Å²) >= 11 is 3.48. The van der Waals surface area contributed by atoms with Crippen molar-refractivity contribution >= 4 is 54.2 Å². The quantitative estimate of drug-likeness (QED) is 0.359. The Bertz CT molecular complexity index is 1460. The fourth-order valence-electron chi connectivity index (χ4n) is 5.52. The SMILES string of the molecule is C[C@H](C(=O)NC1CCCC1)N(Cc1cccc(Br)c1)C(=O)CCCN1c2cccc3cccc(c23)S1(=O)=O. The molecule has 9 heteroatoms. The Morgan fingerprint density at radius 2 is 1.79 bits per heavy atom. The van der Waals surface area contributed by atoms with Gasteiger partial charge < -0.3 is 10.2 Å². The summed E-state index contributed by atoms with van der Waals surface area (Å²) in [5.41, 5.74) is 1.57. The maximum atomic E-state index is 13.5. The molecular weight excluding hydrogens is 566 g/mol. The first-order valence-corrected chi connectivity index (χ1v) is 15.4. The van der Waals surface area contributed by atoms with Crippen LogP contribution in [0.25, 0.3) is 10.8 Å². The molecular formula is C29H32BrN3O4S. The topological polar surface area (TPSA) is 86.8 Å². The second-order valence-corrected chi connectivity index (χ2v) is 12.9. The number of hydrogen-bond acceptors (Lipinski definition) is 4. The molecule has 1 heterocycles. The third-order valence-corrected chi connectivity index (χ3v) is 9.89. The van der Waals surface area contributed by atoms with Crippen LogP contribution < -0.4 is 9.62 Å². The number of amides is 2. The smallest absolute Gasteiger partial charge is 0.265 e. The van der Waals surface area contributed by atoms with Gasteiger partial charge in [0.1, 0.15) is 6.04 Å². The molecule has 0 radical (unpaired) electrons. The summed E-state index contributed by atoms with van der Waals surface area (Å²) in [6, 6.07) is 18.1. The number of hydrogen-bond donors (Lipinski definition) is 1. The van der Waals surface area contributed by atoms with E-state index in [1.807, 2.05) is 48.5 Å². The van der Waals surface area contributed by atoms with Gasteiger partial charge in [-0.05, 0) is 61.4 Å². The molecule has 2 aliphatic rings. The number of nitrogens with zero attached hydrogens (tertiary/aromatic N) is 2. The molecule has 200 valence electrons. The molecule has 2 amide bonds. The lowest BCUT2D eigenvalue weighted by Gasteiger charge is -2.30.